The van der Waals surface area contributed by atoms with Crippen LogP contribution in [0.5, 0.6) is 0 Å². The molecular formula is C11H13N3O2S. The van der Waals surface area contributed by atoms with E-state index in [1.807, 2.05) is 5.38 Å². The Morgan fingerprint density at radius 3 is 2.88 bits per heavy atom. The van der Waals surface area contributed by atoms with Crippen molar-refractivity contribution in [3.05, 3.63) is 34.0 Å². The van der Waals surface area contributed by atoms with E-state index in [2.05, 4.69) is 23.9 Å². The van der Waals surface area contributed by atoms with Crippen molar-refractivity contribution in [2.75, 3.05) is 0 Å². The first kappa shape index (κ1) is 11.8. The monoisotopic (exact) mass is 251 g/mol. The molecule has 5 nitrogen and oxygen atoms in total. The third-order valence-corrected chi connectivity index (χ3v) is 3.46. The predicted octanol–water partition coefficient (Wildman–Crippen LogP) is 2.21. The van der Waals surface area contributed by atoms with Gasteiger partial charge in [-0.05, 0) is 0 Å². The fourth-order valence-electron chi connectivity index (χ4n) is 1.39. The van der Waals surface area contributed by atoms with Crippen molar-refractivity contribution < 1.29 is 9.90 Å². The Morgan fingerprint density at radius 2 is 2.35 bits per heavy atom. The second-order valence-electron chi connectivity index (χ2n) is 4.06. The minimum absolute atomic E-state index is 0.198. The molecule has 17 heavy (non-hydrogen) atoms. The molecule has 0 unspecified atom stereocenters. The fraction of sp³-hybridized carbons (Fsp3) is 0.364. The first-order chi connectivity index (χ1) is 8.06. The number of nitrogens with zero attached hydrogens (tertiary/aromatic N) is 3. The zero-order valence-corrected chi connectivity index (χ0v) is 10.4. The minimum atomic E-state index is -0.961. The Labute approximate surface area is 103 Å². The van der Waals surface area contributed by atoms with Crippen LogP contribution in [0.1, 0.15) is 40.8 Å². The molecule has 0 aliphatic carbocycles. The number of hydrogen-bond donors (Lipinski definition) is 1. The van der Waals surface area contributed by atoms with Gasteiger partial charge in [-0.2, -0.15) is 5.10 Å². The summed E-state index contributed by atoms with van der Waals surface area (Å²) in [5.74, 6) is -0.543. The smallest absolute Gasteiger partial charge is 0.338 e. The summed E-state index contributed by atoms with van der Waals surface area (Å²) in [5, 5.41) is 15.8. The highest BCUT2D eigenvalue weighted by Gasteiger charge is 2.09. The van der Waals surface area contributed by atoms with Crippen molar-refractivity contribution >= 4 is 17.3 Å². The van der Waals surface area contributed by atoms with Crippen molar-refractivity contribution in [1.29, 1.82) is 0 Å². The highest BCUT2D eigenvalue weighted by atomic mass is 32.1. The predicted molar refractivity (Wildman–Crippen MR) is 64.5 cm³/mol. The molecule has 6 heteroatoms. The summed E-state index contributed by atoms with van der Waals surface area (Å²) >= 11 is 1.62. The van der Waals surface area contributed by atoms with Gasteiger partial charge in [0.2, 0.25) is 0 Å². The Kier molecular flexibility index (Phi) is 3.23. The molecule has 2 rings (SSSR count). The van der Waals surface area contributed by atoms with Crippen LogP contribution in [0.2, 0.25) is 0 Å². The largest absolute Gasteiger partial charge is 0.478 e. The van der Waals surface area contributed by atoms with Gasteiger partial charge in [-0.3, -0.25) is 4.68 Å². The first-order valence-electron chi connectivity index (χ1n) is 5.26. The SMILES string of the molecule is CC(C)c1nc(Cn2cc(C(=O)O)cn2)cs1. The second-order valence-corrected chi connectivity index (χ2v) is 4.95. The molecule has 2 heterocycles. The molecule has 0 atom stereocenters. The van der Waals surface area contributed by atoms with Gasteiger partial charge >= 0.3 is 5.97 Å². The van der Waals surface area contributed by atoms with Crippen LogP contribution in [-0.4, -0.2) is 25.8 Å². The molecule has 90 valence electrons. The standard InChI is InChI=1S/C11H13N3O2S/c1-7(2)10-13-9(6-17-10)5-14-4-8(3-12-14)11(15)16/h3-4,6-7H,5H2,1-2H3,(H,15,16). The Balaban J connectivity index is 2.11. The first-order valence-corrected chi connectivity index (χ1v) is 6.14. The summed E-state index contributed by atoms with van der Waals surface area (Å²) in [4.78, 5) is 15.2. The molecular weight excluding hydrogens is 238 g/mol. The molecule has 0 aromatic carbocycles. The van der Waals surface area contributed by atoms with Gasteiger partial charge in [0.05, 0.1) is 29.0 Å². The highest BCUT2D eigenvalue weighted by Crippen LogP contribution is 2.19. The molecule has 0 radical (unpaired) electrons. The van der Waals surface area contributed by atoms with Crippen LogP contribution in [0.25, 0.3) is 0 Å². The van der Waals surface area contributed by atoms with Gasteiger partial charge in [-0.15, -0.1) is 11.3 Å². The van der Waals surface area contributed by atoms with Crippen LogP contribution < -0.4 is 0 Å². The van der Waals surface area contributed by atoms with Crippen molar-refractivity contribution in [3.8, 4) is 0 Å². The fourth-order valence-corrected chi connectivity index (χ4v) is 2.21. The van der Waals surface area contributed by atoms with Crippen molar-refractivity contribution in [2.24, 2.45) is 0 Å². The molecule has 2 aromatic heterocycles. The summed E-state index contributed by atoms with van der Waals surface area (Å²) in [6.45, 7) is 4.70. The normalized spacial score (nSPS) is 11.0. The summed E-state index contributed by atoms with van der Waals surface area (Å²) < 4.78 is 1.59. The van der Waals surface area contributed by atoms with Crippen LogP contribution in [0.4, 0.5) is 0 Å². The lowest BCUT2D eigenvalue weighted by molar-refractivity contribution is 0.0697. The summed E-state index contributed by atoms with van der Waals surface area (Å²) in [6, 6.07) is 0. The van der Waals surface area contributed by atoms with Gasteiger partial charge in [0, 0.05) is 17.5 Å². The number of aromatic carboxylic acids is 1. The summed E-state index contributed by atoms with van der Waals surface area (Å²) in [6.07, 6.45) is 2.86. The van der Waals surface area contributed by atoms with Gasteiger partial charge in [0.1, 0.15) is 0 Å². The van der Waals surface area contributed by atoms with E-state index in [9.17, 15) is 4.79 Å². The number of aromatic nitrogens is 3. The number of thiazole rings is 1. The molecule has 0 bridgehead atoms. The molecule has 0 amide bonds. The molecule has 2 aromatic rings. The van der Waals surface area contributed by atoms with Crippen LogP contribution >= 0.6 is 11.3 Å². The van der Waals surface area contributed by atoms with Crippen molar-refractivity contribution in [3.63, 3.8) is 0 Å². The number of carboxylic acid groups (broad SMARTS) is 1. The van der Waals surface area contributed by atoms with Crippen molar-refractivity contribution in [1.82, 2.24) is 14.8 Å². The molecule has 0 spiro atoms. The molecule has 0 fully saturated rings. The quantitative estimate of drug-likeness (QED) is 0.904. The Bertz CT molecular complexity index is 530. The van der Waals surface area contributed by atoms with E-state index < -0.39 is 5.97 Å². The van der Waals surface area contributed by atoms with Crippen LogP contribution in [0.15, 0.2) is 17.8 Å². The van der Waals surface area contributed by atoms with E-state index in [0.29, 0.717) is 12.5 Å². The molecule has 0 saturated heterocycles. The average molecular weight is 251 g/mol. The Morgan fingerprint density at radius 1 is 1.59 bits per heavy atom. The van der Waals surface area contributed by atoms with Gasteiger partial charge < -0.3 is 5.11 Å². The lowest BCUT2D eigenvalue weighted by Crippen LogP contribution is -2.01. The number of carboxylic acids is 1. The summed E-state index contributed by atoms with van der Waals surface area (Å²) in [5.41, 5.74) is 1.11. The number of carbonyl (C=O) groups is 1. The van der Waals surface area contributed by atoms with Crippen LogP contribution in [0, 0.1) is 0 Å². The lowest BCUT2D eigenvalue weighted by atomic mass is 10.2. The van der Waals surface area contributed by atoms with E-state index in [-0.39, 0.29) is 5.56 Å². The highest BCUT2D eigenvalue weighted by molar-refractivity contribution is 7.09. The maximum absolute atomic E-state index is 10.7. The van der Waals surface area contributed by atoms with E-state index in [1.165, 1.54) is 12.4 Å². The van der Waals surface area contributed by atoms with E-state index >= 15 is 0 Å². The van der Waals surface area contributed by atoms with Gasteiger partial charge in [0.15, 0.2) is 0 Å². The van der Waals surface area contributed by atoms with E-state index in [0.717, 1.165) is 10.7 Å². The third-order valence-electron chi connectivity index (χ3n) is 2.27. The van der Waals surface area contributed by atoms with Gasteiger partial charge in [-0.25, -0.2) is 9.78 Å². The Hall–Kier alpha value is -1.69. The zero-order valence-electron chi connectivity index (χ0n) is 9.62. The molecule has 0 saturated carbocycles. The third kappa shape index (κ3) is 2.71. The molecule has 1 N–H and O–H groups in total. The van der Waals surface area contributed by atoms with Crippen molar-refractivity contribution in [2.45, 2.75) is 26.3 Å². The topological polar surface area (TPSA) is 68.0 Å². The zero-order chi connectivity index (χ0) is 12.4. The average Bonchev–Trinajstić information content (AvgIpc) is 2.87. The maximum atomic E-state index is 10.7. The maximum Gasteiger partial charge on any atom is 0.338 e. The van der Waals surface area contributed by atoms with Crippen LogP contribution in [-0.2, 0) is 6.54 Å². The van der Waals surface area contributed by atoms with Gasteiger partial charge in [0.25, 0.3) is 0 Å². The number of rotatable bonds is 4. The number of hydrogen-bond acceptors (Lipinski definition) is 4. The molecule has 0 aliphatic heterocycles. The van der Waals surface area contributed by atoms with E-state index in [4.69, 9.17) is 5.11 Å². The second kappa shape index (κ2) is 4.67. The lowest BCUT2D eigenvalue weighted by Gasteiger charge is -1.98. The minimum Gasteiger partial charge on any atom is -0.478 e. The van der Waals surface area contributed by atoms with Crippen LogP contribution in [0.3, 0.4) is 0 Å². The van der Waals surface area contributed by atoms with Gasteiger partial charge in [-0.1, -0.05) is 13.8 Å². The molecule has 0 aliphatic rings. The summed E-state index contributed by atoms with van der Waals surface area (Å²) in [7, 11) is 0. The van der Waals surface area contributed by atoms with E-state index in [1.54, 1.807) is 16.0 Å².